The summed E-state index contributed by atoms with van der Waals surface area (Å²) in [5.74, 6) is 0. The fraction of sp³-hybridized carbons (Fsp3) is 0.132. The van der Waals surface area contributed by atoms with E-state index in [2.05, 4.69) is 294 Å². The van der Waals surface area contributed by atoms with Gasteiger partial charge in [0.25, 0.3) is 0 Å². The van der Waals surface area contributed by atoms with Crippen molar-refractivity contribution in [2.75, 3.05) is 9.80 Å². The number of para-hydroxylation sites is 2. The summed E-state index contributed by atoms with van der Waals surface area (Å²) in [4.78, 5) is 4.99. The summed E-state index contributed by atoms with van der Waals surface area (Å²) in [7, 11) is -4.95. The molecule has 0 fully saturated rings. The number of rotatable bonds is 6. The van der Waals surface area contributed by atoms with Crippen molar-refractivity contribution in [1.82, 2.24) is 0 Å². The van der Waals surface area contributed by atoms with E-state index in [4.69, 9.17) is 0 Å². The lowest BCUT2D eigenvalue weighted by atomic mass is 9.75. The number of anilines is 6. The lowest BCUT2D eigenvalue weighted by molar-refractivity contribution is 0.663. The third kappa shape index (κ3) is 6.18. The van der Waals surface area contributed by atoms with Crippen molar-refractivity contribution in [3.05, 3.63) is 253 Å². The zero-order chi connectivity index (χ0) is 54.2. The normalized spacial score (nSPS) is 15.7. The number of benzene rings is 12. The van der Waals surface area contributed by atoms with Crippen LogP contribution in [0.2, 0.25) is 26.2 Å². The molecule has 2 aliphatic carbocycles. The highest BCUT2D eigenvalue weighted by Crippen LogP contribution is 2.62. The highest BCUT2D eigenvalue weighted by atomic mass is 28.3. The van der Waals surface area contributed by atoms with Gasteiger partial charge in [0.1, 0.15) is 16.1 Å². The molecule has 12 aromatic carbocycles. The zero-order valence-electron chi connectivity index (χ0n) is 46.8. The van der Waals surface area contributed by atoms with Gasteiger partial charge in [0.05, 0.1) is 11.4 Å². The Balaban J connectivity index is 1.02. The van der Waals surface area contributed by atoms with E-state index >= 15 is 0 Å². The largest absolute Gasteiger partial charge is 0.310 e. The Morgan fingerprint density at radius 1 is 0.312 bits per heavy atom. The molecule has 0 amide bonds. The van der Waals surface area contributed by atoms with Crippen LogP contribution in [0, 0.1) is 0 Å². The van der Waals surface area contributed by atoms with Gasteiger partial charge < -0.3 is 9.80 Å². The third-order valence-corrected chi connectivity index (χ3v) is 26.5. The van der Waals surface area contributed by atoms with E-state index in [0.29, 0.717) is 0 Å². The molecule has 80 heavy (non-hydrogen) atoms. The fourth-order valence-corrected chi connectivity index (χ4v) is 23.2. The van der Waals surface area contributed by atoms with Gasteiger partial charge in [0.15, 0.2) is 0 Å². The first-order chi connectivity index (χ1) is 38.8. The summed E-state index contributed by atoms with van der Waals surface area (Å²) in [5, 5.41) is 14.4. The number of fused-ring (bicyclic) bond motifs is 16. The summed E-state index contributed by atoms with van der Waals surface area (Å²) in [6.45, 7) is 20.9. The molecule has 4 heteroatoms. The summed E-state index contributed by atoms with van der Waals surface area (Å²) in [6.07, 6.45) is 0. The van der Waals surface area contributed by atoms with Crippen LogP contribution in [0.25, 0.3) is 76.8 Å². The molecule has 0 unspecified atom stereocenters. The van der Waals surface area contributed by atoms with Crippen molar-refractivity contribution >= 4 is 103 Å². The average Bonchev–Trinajstić information content (AvgIpc) is 3.41. The van der Waals surface area contributed by atoms with Crippen molar-refractivity contribution in [1.29, 1.82) is 0 Å². The molecule has 2 heterocycles. The number of nitrogens with zero attached hydrogens (tertiary/aromatic N) is 2. The summed E-state index contributed by atoms with van der Waals surface area (Å²) < 4.78 is 0. The molecule has 0 saturated heterocycles. The predicted octanol–water partition coefficient (Wildman–Crippen LogP) is 18.3. The Morgan fingerprint density at radius 2 is 0.675 bits per heavy atom. The standard InChI is InChI=1S/C76H62N2Si2/c1-75(2)59-45-51(77(49-29-11-9-12-30-49)61-37-23-27-47-25-15-17-33-53(47)61)41-43-55(59)67-65-57-35-19-22-40-64(57)80(7,8)74-70(65)69-66(58-36-20-21-39-63(58)79(5,6)73(69)71(67)75)68-56-44-42-52(46-60(56)76(3,4)72(68)74)78(50-31-13-10-14-32-50)62-38-24-28-48-26-16-18-34-54(48)62/h9-46H,1-8H3. The molecule has 4 aliphatic rings. The van der Waals surface area contributed by atoms with E-state index < -0.39 is 16.1 Å². The molecule has 0 atom stereocenters. The van der Waals surface area contributed by atoms with Gasteiger partial charge in [0.2, 0.25) is 0 Å². The molecule has 0 aromatic heterocycles. The maximum atomic E-state index is 2.68. The van der Waals surface area contributed by atoms with Gasteiger partial charge >= 0.3 is 0 Å². The SMILES string of the molecule is CC1(C)c2cc(N(c3ccccc3)c3cccc4ccccc34)ccc2-c2c1c1c3c(c4c(c5c3c2-c2ccccc2[Si]5(C)C)C(C)(C)c2cc(N(c3ccccc3)c3cccc5ccccc35)ccc2-4)-c2ccccc2[Si]1(C)C. The molecular weight excluding hydrogens is 997 g/mol. The molecule has 16 rings (SSSR count). The predicted molar refractivity (Wildman–Crippen MR) is 348 cm³/mol. The van der Waals surface area contributed by atoms with Crippen LogP contribution in [0.3, 0.4) is 0 Å². The van der Waals surface area contributed by atoms with E-state index in [0.717, 1.165) is 11.4 Å². The zero-order valence-corrected chi connectivity index (χ0v) is 48.8. The molecule has 0 saturated carbocycles. The van der Waals surface area contributed by atoms with Crippen molar-refractivity contribution in [2.45, 2.75) is 64.7 Å². The van der Waals surface area contributed by atoms with E-state index in [-0.39, 0.29) is 10.8 Å². The minimum atomic E-state index is -2.47. The van der Waals surface area contributed by atoms with Crippen molar-refractivity contribution in [2.24, 2.45) is 0 Å². The molecule has 0 radical (unpaired) electrons. The topological polar surface area (TPSA) is 6.48 Å². The Morgan fingerprint density at radius 3 is 1.10 bits per heavy atom. The highest BCUT2D eigenvalue weighted by Gasteiger charge is 2.54. The number of hydrogen-bond acceptors (Lipinski definition) is 2. The Hall–Kier alpha value is -8.55. The second-order valence-electron chi connectivity index (χ2n) is 25.1. The molecule has 0 spiro atoms. The highest BCUT2D eigenvalue weighted by molar-refractivity contribution is 7.06. The van der Waals surface area contributed by atoms with Gasteiger partial charge in [-0.1, -0.05) is 224 Å². The molecule has 2 nitrogen and oxygen atoms in total. The average molecular weight is 1060 g/mol. The molecule has 0 N–H and O–H groups in total. The maximum absolute atomic E-state index is 2.68. The quantitative estimate of drug-likeness (QED) is 0.153. The van der Waals surface area contributed by atoms with Crippen LogP contribution in [-0.4, -0.2) is 16.1 Å². The molecule has 0 bridgehead atoms. The summed E-state index contributed by atoms with van der Waals surface area (Å²) in [6, 6.07) is 87.5. The monoisotopic (exact) mass is 1060 g/mol. The van der Waals surface area contributed by atoms with Gasteiger partial charge in [-0.15, -0.1) is 0 Å². The van der Waals surface area contributed by atoms with Crippen LogP contribution in [0.1, 0.15) is 49.9 Å². The second-order valence-corrected chi connectivity index (χ2v) is 33.7. The summed E-state index contributed by atoms with van der Waals surface area (Å²) in [5.41, 5.74) is 23.7. The van der Waals surface area contributed by atoms with Crippen LogP contribution < -0.4 is 30.5 Å². The summed E-state index contributed by atoms with van der Waals surface area (Å²) >= 11 is 0. The van der Waals surface area contributed by atoms with Crippen molar-refractivity contribution in [3.63, 3.8) is 0 Å². The second kappa shape index (κ2) is 16.5. The third-order valence-electron chi connectivity index (χ3n) is 19.4. The minimum absolute atomic E-state index is 0.331. The maximum Gasteiger partial charge on any atom is 0.114 e. The lowest BCUT2D eigenvalue weighted by Crippen LogP contribution is -2.61. The van der Waals surface area contributed by atoms with E-state index in [9.17, 15) is 0 Å². The van der Waals surface area contributed by atoms with E-state index in [1.165, 1.54) is 111 Å². The van der Waals surface area contributed by atoms with Crippen molar-refractivity contribution < 1.29 is 0 Å². The van der Waals surface area contributed by atoms with Crippen LogP contribution >= 0.6 is 0 Å². The molecule has 12 aromatic rings. The van der Waals surface area contributed by atoms with Crippen LogP contribution in [0.4, 0.5) is 34.1 Å². The Labute approximate surface area is 472 Å². The first-order valence-electron chi connectivity index (χ1n) is 28.7. The van der Waals surface area contributed by atoms with Crippen LogP contribution in [0.5, 0.6) is 0 Å². The van der Waals surface area contributed by atoms with Gasteiger partial charge in [-0.2, -0.15) is 0 Å². The Bertz CT molecular complexity index is 4350. The molecular formula is C76H62N2Si2. The van der Waals surface area contributed by atoms with Crippen LogP contribution in [-0.2, 0) is 10.8 Å². The van der Waals surface area contributed by atoms with Gasteiger partial charge in [0, 0.05) is 44.4 Å². The first kappa shape index (κ1) is 47.5. The van der Waals surface area contributed by atoms with E-state index in [1.807, 2.05) is 0 Å². The smallest absolute Gasteiger partial charge is 0.114 e. The van der Waals surface area contributed by atoms with Crippen LogP contribution in [0.15, 0.2) is 231 Å². The Kier molecular flexibility index (Phi) is 9.80. The lowest BCUT2D eigenvalue weighted by Gasteiger charge is -2.45. The molecule has 384 valence electrons. The van der Waals surface area contributed by atoms with Crippen molar-refractivity contribution in [3.8, 4) is 44.5 Å². The van der Waals surface area contributed by atoms with Gasteiger partial charge in [-0.05, 0) is 170 Å². The van der Waals surface area contributed by atoms with Gasteiger partial charge in [-0.3, -0.25) is 0 Å². The first-order valence-corrected chi connectivity index (χ1v) is 34.7. The van der Waals surface area contributed by atoms with Gasteiger partial charge in [-0.25, -0.2) is 0 Å². The van der Waals surface area contributed by atoms with E-state index in [1.54, 1.807) is 31.9 Å². The minimum Gasteiger partial charge on any atom is -0.310 e. The molecule has 2 aliphatic heterocycles. The number of hydrogen-bond donors (Lipinski definition) is 0. The fourth-order valence-electron chi connectivity index (χ4n) is 16.0.